The standard InChI is InChI=1S/C16H22BrNO2/c1-19-15-5-2-13(17)8-12(15)9-16(6-7-20-11-16)10-18-14-3-4-14/h2,5,8,14,18H,3-4,6-7,9-11H2,1H3. The summed E-state index contributed by atoms with van der Waals surface area (Å²) in [6.45, 7) is 2.78. The Hall–Kier alpha value is -0.580. The van der Waals surface area contributed by atoms with E-state index >= 15 is 0 Å². The van der Waals surface area contributed by atoms with Crippen LogP contribution in [0.1, 0.15) is 24.8 Å². The topological polar surface area (TPSA) is 30.5 Å². The molecule has 4 heteroatoms. The second kappa shape index (κ2) is 6.04. The molecule has 1 aromatic carbocycles. The number of benzene rings is 1. The van der Waals surface area contributed by atoms with Crippen LogP contribution >= 0.6 is 15.9 Å². The zero-order valence-corrected chi connectivity index (χ0v) is 13.5. The average molecular weight is 340 g/mol. The van der Waals surface area contributed by atoms with Gasteiger partial charge in [-0.25, -0.2) is 0 Å². The number of nitrogens with one attached hydrogen (secondary N) is 1. The maximum atomic E-state index is 5.70. The molecule has 3 rings (SSSR count). The Balaban J connectivity index is 1.76. The van der Waals surface area contributed by atoms with Crippen LogP contribution in [0.2, 0.25) is 0 Å². The summed E-state index contributed by atoms with van der Waals surface area (Å²) in [6, 6.07) is 6.99. The van der Waals surface area contributed by atoms with Crippen molar-refractivity contribution in [2.45, 2.75) is 31.7 Å². The van der Waals surface area contributed by atoms with E-state index in [2.05, 4.69) is 27.3 Å². The highest BCUT2D eigenvalue weighted by atomic mass is 79.9. The van der Waals surface area contributed by atoms with Gasteiger partial charge in [0.15, 0.2) is 0 Å². The second-order valence-corrected chi connectivity index (χ2v) is 7.01. The first-order chi connectivity index (χ1) is 9.71. The van der Waals surface area contributed by atoms with E-state index in [9.17, 15) is 0 Å². The summed E-state index contributed by atoms with van der Waals surface area (Å²) in [4.78, 5) is 0. The normalized spacial score (nSPS) is 25.9. The maximum Gasteiger partial charge on any atom is 0.122 e. The average Bonchev–Trinajstić information content (AvgIpc) is 3.17. The summed E-state index contributed by atoms with van der Waals surface area (Å²) in [6.07, 6.45) is 4.80. The fourth-order valence-electron chi connectivity index (χ4n) is 2.93. The van der Waals surface area contributed by atoms with Crippen LogP contribution in [-0.2, 0) is 11.2 Å². The van der Waals surface area contributed by atoms with Crippen LogP contribution in [0, 0.1) is 5.41 Å². The Labute approximate surface area is 129 Å². The van der Waals surface area contributed by atoms with Crippen molar-refractivity contribution in [1.29, 1.82) is 0 Å². The molecule has 1 N–H and O–H groups in total. The molecule has 2 aliphatic rings. The molecule has 1 saturated carbocycles. The highest BCUT2D eigenvalue weighted by Crippen LogP contribution is 2.36. The van der Waals surface area contributed by atoms with Crippen molar-refractivity contribution in [2.75, 3.05) is 26.9 Å². The van der Waals surface area contributed by atoms with Gasteiger partial charge in [0.1, 0.15) is 5.75 Å². The van der Waals surface area contributed by atoms with Crippen molar-refractivity contribution in [1.82, 2.24) is 5.32 Å². The molecule has 1 atom stereocenters. The lowest BCUT2D eigenvalue weighted by molar-refractivity contribution is 0.148. The van der Waals surface area contributed by atoms with E-state index in [4.69, 9.17) is 9.47 Å². The predicted molar refractivity (Wildman–Crippen MR) is 83.3 cm³/mol. The zero-order chi connectivity index (χ0) is 14.0. The Morgan fingerprint density at radius 3 is 2.95 bits per heavy atom. The number of ether oxygens (including phenoxy) is 2. The van der Waals surface area contributed by atoms with E-state index in [-0.39, 0.29) is 5.41 Å². The Kier molecular flexibility index (Phi) is 4.34. The number of rotatable bonds is 6. The third-order valence-corrected chi connectivity index (χ3v) is 4.83. The summed E-state index contributed by atoms with van der Waals surface area (Å²) < 4.78 is 12.3. The van der Waals surface area contributed by atoms with Gasteiger partial charge in [-0.05, 0) is 49.4 Å². The largest absolute Gasteiger partial charge is 0.496 e. The van der Waals surface area contributed by atoms with E-state index in [1.54, 1.807) is 7.11 Å². The minimum absolute atomic E-state index is 0.219. The molecular weight excluding hydrogens is 318 g/mol. The molecule has 1 aliphatic carbocycles. The van der Waals surface area contributed by atoms with Crippen molar-refractivity contribution >= 4 is 15.9 Å². The lowest BCUT2D eigenvalue weighted by Gasteiger charge is -2.28. The molecule has 1 aliphatic heterocycles. The molecule has 0 radical (unpaired) electrons. The molecule has 0 amide bonds. The van der Waals surface area contributed by atoms with Gasteiger partial charge in [0, 0.05) is 29.1 Å². The van der Waals surface area contributed by atoms with Crippen molar-refractivity contribution in [2.24, 2.45) is 5.41 Å². The molecule has 0 spiro atoms. The number of methoxy groups -OCH3 is 1. The Bertz CT molecular complexity index is 468. The van der Waals surface area contributed by atoms with E-state index < -0.39 is 0 Å². The van der Waals surface area contributed by atoms with Crippen molar-refractivity contribution < 1.29 is 9.47 Å². The molecule has 3 nitrogen and oxygen atoms in total. The van der Waals surface area contributed by atoms with Crippen molar-refractivity contribution in [3.8, 4) is 5.75 Å². The summed E-state index contributed by atoms with van der Waals surface area (Å²) in [5, 5.41) is 3.68. The highest BCUT2D eigenvalue weighted by Gasteiger charge is 2.37. The Morgan fingerprint density at radius 2 is 2.30 bits per heavy atom. The minimum atomic E-state index is 0.219. The van der Waals surface area contributed by atoms with Gasteiger partial charge in [-0.2, -0.15) is 0 Å². The molecule has 110 valence electrons. The molecule has 2 fully saturated rings. The molecule has 0 bridgehead atoms. The van der Waals surface area contributed by atoms with E-state index in [1.165, 1.54) is 18.4 Å². The van der Waals surface area contributed by atoms with Crippen LogP contribution in [0.3, 0.4) is 0 Å². The van der Waals surface area contributed by atoms with E-state index in [0.29, 0.717) is 0 Å². The number of halogens is 1. The third-order valence-electron chi connectivity index (χ3n) is 4.34. The van der Waals surface area contributed by atoms with Gasteiger partial charge >= 0.3 is 0 Å². The molecule has 0 aromatic heterocycles. The molecular formula is C16H22BrNO2. The van der Waals surface area contributed by atoms with Crippen LogP contribution in [0.5, 0.6) is 5.75 Å². The van der Waals surface area contributed by atoms with Gasteiger partial charge in [-0.15, -0.1) is 0 Å². The lowest BCUT2D eigenvalue weighted by Crippen LogP contribution is -2.37. The van der Waals surface area contributed by atoms with Crippen molar-refractivity contribution in [3.05, 3.63) is 28.2 Å². The summed E-state index contributed by atoms with van der Waals surface area (Å²) >= 11 is 3.56. The first kappa shape index (κ1) is 14.4. The van der Waals surface area contributed by atoms with E-state index in [0.717, 1.165) is 48.9 Å². The molecule has 1 unspecified atom stereocenters. The van der Waals surface area contributed by atoms with Crippen LogP contribution < -0.4 is 10.1 Å². The number of hydrogen-bond donors (Lipinski definition) is 1. The second-order valence-electron chi connectivity index (χ2n) is 6.09. The monoisotopic (exact) mass is 339 g/mol. The molecule has 20 heavy (non-hydrogen) atoms. The van der Waals surface area contributed by atoms with Gasteiger partial charge in [-0.1, -0.05) is 15.9 Å². The van der Waals surface area contributed by atoms with E-state index in [1.807, 2.05) is 12.1 Å². The molecule has 1 heterocycles. The van der Waals surface area contributed by atoms with Crippen molar-refractivity contribution in [3.63, 3.8) is 0 Å². The smallest absolute Gasteiger partial charge is 0.122 e. The van der Waals surface area contributed by atoms with Crippen LogP contribution in [0.4, 0.5) is 0 Å². The number of hydrogen-bond acceptors (Lipinski definition) is 3. The van der Waals surface area contributed by atoms with Crippen LogP contribution in [-0.4, -0.2) is 32.9 Å². The fraction of sp³-hybridized carbons (Fsp3) is 0.625. The molecule has 1 saturated heterocycles. The Morgan fingerprint density at radius 1 is 1.45 bits per heavy atom. The highest BCUT2D eigenvalue weighted by molar-refractivity contribution is 9.10. The zero-order valence-electron chi connectivity index (χ0n) is 12.0. The summed E-state index contributed by atoms with van der Waals surface area (Å²) in [5.74, 6) is 0.978. The van der Waals surface area contributed by atoms with Gasteiger partial charge < -0.3 is 14.8 Å². The first-order valence-electron chi connectivity index (χ1n) is 7.34. The fourth-order valence-corrected chi connectivity index (χ4v) is 3.34. The van der Waals surface area contributed by atoms with Gasteiger partial charge in [0.2, 0.25) is 0 Å². The SMILES string of the molecule is COc1ccc(Br)cc1CC1(CNC2CC2)CCOC1. The maximum absolute atomic E-state index is 5.70. The van der Waals surface area contributed by atoms with Gasteiger partial charge in [-0.3, -0.25) is 0 Å². The molecule has 1 aromatic rings. The quantitative estimate of drug-likeness (QED) is 0.863. The van der Waals surface area contributed by atoms with Gasteiger partial charge in [0.05, 0.1) is 13.7 Å². The minimum Gasteiger partial charge on any atom is -0.496 e. The summed E-state index contributed by atoms with van der Waals surface area (Å²) in [7, 11) is 1.74. The summed E-state index contributed by atoms with van der Waals surface area (Å²) in [5.41, 5.74) is 1.49. The van der Waals surface area contributed by atoms with Crippen LogP contribution in [0.25, 0.3) is 0 Å². The third kappa shape index (κ3) is 3.35. The van der Waals surface area contributed by atoms with Crippen LogP contribution in [0.15, 0.2) is 22.7 Å². The van der Waals surface area contributed by atoms with Gasteiger partial charge in [0.25, 0.3) is 0 Å². The first-order valence-corrected chi connectivity index (χ1v) is 8.14. The predicted octanol–water partition coefficient (Wildman–Crippen LogP) is 3.16. The lowest BCUT2D eigenvalue weighted by atomic mass is 9.80.